The standard InChI is InChI=1S/C18H32O7/c1-8-23-14(19)12-22-11-9-10-13(15(20)24-17(2,3)4)16(21)25-18(5,6)7/h13H,8-12H2,1-7H3. The molecule has 0 unspecified atom stereocenters. The molecular formula is C18H32O7. The lowest BCUT2D eigenvalue weighted by atomic mass is 10.0. The zero-order valence-corrected chi connectivity index (χ0v) is 16.5. The third-order valence-electron chi connectivity index (χ3n) is 2.69. The van der Waals surface area contributed by atoms with E-state index in [1.807, 2.05) is 0 Å². The fraction of sp³-hybridized carbons (Fsp3) is 0.833. The summed E-state index contributed by atoms with van der Waals surface area (Å²) < 4.78 is 20.5. The van der Waals surface area contributed by atoms with Crippen molar-refractivity contribution < 1.29 is 33.3 Å². The molecule has 0 atom stereocenters. The maximum Gasteiger partial charge on any atom is 0.332 e. The average molecular weight is 360 g/mol. The largest absolute Gasteiger partial charge is 0.464 e. The van der Waals surface area contributed by atoms with Crippen molar-refractivity contribution >= 4 is 17.9 Å². The summed E-state index contributed by atoms with van der Waals surface area (Å²) in [5, 5.41) is 0. The molecule has 0 fully saturated rings. The normalized spacial score (nSPS) is 12.0. The lowest BCUT2D eigenvalue weighted by Crippen LogP contribution is -2.37. The summed E-state index contributed by atoms with van der Waals surface area (Å²) in [6, 6.07) is 0. The molecule has 0 amide bonds. The van der Waals surface area contributed by atoms with Crippen LogP contribution in [0.5, 0.6) is 0 Å². The fourth-order valence-corrected chi connectivity index (χ4v) is 1.83. The van der Waals surface area contributed by atoms with Gasteiger partial charge >= 0.3 is 17.9 Å². The molecule has 7 nitrogen and oxygen atoms in total. The summed E-state index contributed by atoms with van der Waals surface area (Å²) in [6.07, 6.45) is 0.620. The zero-order chi connectivity index (χ0) is 19.7. The fourth-order valence-electron chi connectivity index (χ4n) is 1.83. The number of carbonyl (C=O) groups is 3. The van der Waals surface area contributed by atoms with Crippen LogP contribution in [-0.4, -0.2) is 48.9 Å². The molecule has 0 aromatic heterocycles. The van der Waals surface area contributed by atoms with Gasteiger partial charge in [0.25, 0.3) is 0 Å². The second-order valence-electron chi connectivity index (χ2n) is 7.62. The Morgan fingerprint density at radius 1 is 0.880 bits per heavy atom. The summed E-state index contributed by atoms with van der Waals surface area (Å²) in [4.78, 5) is 35.8. The van der Waals surface area contributed by atoms with Gasteiger partial charge in [-0.05, 0) is 61.3 Å². The molecule has 0 radical (unpaired) electrons. The van der Waals surface area contributed by atoms with Crippen LogP contribution in [0.2, 0.25) is 0 Å². The highest BCUT2D eigenvalue weighted by molar-refractivity contribution is 5.95. The third kappa shape index (κ3) is 12.4. The van der Waals surface area contributed by atoms with E-state index < -0.39 is 35.0 Å². The Bertz CT molecular complexity index is 415. The number of carbonyl (C=O) groups excluding carboxylic acids is 3. The number of esters is 3. The third-order valence-corrected chi connectivity index (χ3v) is 2.69. The second-order valence-corrected chi connectivity index (χ2v) is 7.62. The molecule has 0 saturated carbocycles. The topological polar surface area (TPSA) is 88.1 Å². The Hall–Kier alpha value is -1.63. The first-order valence-electron chi connectivity index (χ1n) is 8.55. The van der Waals surface area contributed by atoms with E-state index in [0.717, 1.165) is 0 Å². The Kier molecular flexibility index (Phi) is 9.70. The van der Waals surface area contributed by atoms with Crippen LogP contribution in [0.3, 0.4) is 0 Å². The summed E-state index contributed by atoms with van der Waals surface area (Å²) in [6.45, 7) is 12.5. The Morgan fingerprint density at radius 2 is 1.36 bits per heavy atom. The van der Waals surface area contributed by atoms with Crippen molar-refractivity contribution in [2.24, 2.45) is 5.92 Å². The predicted molar refractivity (Wildman–Crippen MR) is 91.9 cm³/mol. The Balaban J connectivity index is 4.61. The van der Waals surface area contributed by atoms with E-state index in [2.05, 4.69) is 0 Å². The maximum atomic E-state index is 12.3. The lowest BCUT2D eigenvalue weighted by Gasteiger charge is -2.26. The molecule has 0 bridgehead atoms. The lowest BCUT2D eigenvalue weighted by molar-refractivity contribution is -0.175. The minimum Gasteiger partial charge on any atom is -0.464 e. The molecule has 0 heterocycles. The van der Waals surface area contributed by atoms with E-state index >= 15 is 0 Å². The molecule has 0 aliphatic heterocycles. The molecule has 7 heteroatoms. The monoisotopic (exact) mass is 360 g/mol. The molecule has 0 aliphatic rings. The number of hydrogen-bond acceptors (Lipinski definition) is 7. The van der Waals surface area contributed by atoms with Crippen LogP contribution in [0.4, 0.5) is 0 Å². The van der Waals surface area contributed by atoms with E-state index in [4.69, 9.17) is 18.9 Å². The van der Waals surface area contributed by atoms with E-state index in [-0.39, 0.29) is 19.6 Å². The maximum absolute atomic E-state index is 12.3. The first-order chi connectivity index (χ1) is 11.4. The van der Waals surface area contributed by atoms with Crippen LogP contribution in [0.15, 0.2) is 0 Å². The molecule has 0 rings (SSSR count). The van der Waals surface area contributed by atoms with Gasteiger partial charge in [0.2, 0.25) is 0 Å². The van der Waals surface area contributed by atoms with E-state index in [1.165, 1.54) is 0 Å². The first kappa shape index (κ1) is 23.4. The minimum absolute atomic E-state index is 0.155. The smallest absolute Gasteiger partial charge is 0.332 e. The van der Waals surface area contributed by atoms with Gasteiger partial charge in [0.15, 0.2) is 5.92 Å². The molecule has 25 heavy (non-hydrogen) atoms. The number of hydrogen-bond donors (Lipinski definition) is 0. The van der Waals surface area contributed by atoms with Gasteiger partial charge < -0.3 is 18.9 Å². The van der Waals surface area contributed by atoms with Gasteiger partial charge in [0.05, 0.1) is 6.61 Å². The van der Waals surface area contributed by atoms with Crippen molar-refractivity contribution in [3.05, 3.63) is 0 Å². The molecule has 0 saturated heterocycles. The quantitative estimate of drug-likeness (QED) is 0.270. The van der Waals surface area contributed by atoms with Gasteiger partial charge in [-0.1, -0.05) is 0 Å². The summed E-state index contributed by atoms with van der Waals surface area (Å²) >= 11 is 0. The summed E-state index contributed by atoms with van der Waals surface area (Å²) in [7, 11) is 0. The van der Waals surface area contributed by atoms with Crippen molar-refractivity contribution in [2.45, 2.75) is 72.5 Å². The average Bonchev–Trinajstić information content (AvgIpc) is 2.38. The van der Waals surface area contributed by atoms with Gasteiger partial charge in [-0.3, -0.25) is 9.59 Å². The van der Waals surface area contributed by atoms with Crippen LogP contribution in [0, 0.1) is 5.92 Å². The minimum atomic E-state index is -1.02. The van der Waals surface area contributed by atoms with Crippen LogP contribution in [-0.2, 0) is 33.3 Å². The van der Waals surface area contributed by atoms with E-state index in [1.54, 1.807) is 48.5 Å². The van der Waals surface area contributed by atoms with Crippen LogP contribution < -0.4 is 0 Å². The highest BCUT2D eigenvalue weighted by Gasteiger charge is 2.34. The molecular weight excluding hydrogens is 328 g/mol. The zero-order valence-electron chi connectivity index (χ0n) is 16.5. The second kappa shape index (κ2) is 10.4. The van der Waals surface area contributed by atoms with Gasteiger partial charge in [-0.25, -0.2) is 4.79 Å². The van der Waals surface area contributed by atoms with Crippen molar-refractivity contribution in [2.75, 3.05) is 19.8 Å². The highest BCUT2D eigenvalue weighted by Crippen LogP contribution is 2.20. The summed E-state index contributed by atoms with van der Waals surface area (Å²) in [5.41, 5.74) is -1.39. The number of ether oxygens (including phenoxy) is 4. The molecule has 0 N–H and O–H groups in total. The molecule has 0 aliphatic carbocycles. The van der Waals surface area contributed by atoms with Crippen LogP contribution in [0.25, 0.3) is 0 Å². The SMILES string of the molecule is CCOC(=O)COCCCC(C(=O)OC(C)(C)C)C(=O)OC(C)(C)C. The molecule has 0 spiro atoms. The first-order valence-corrected chi connectivity index (χ1v) is 8.55. The van der Waals surface area contributed by atoms with Crippen molar-refractivity contribution in [1.82, 2.24) is 0 Å². The van der Waals surface area contributed by atoms with Gasteiger partial charge in [-0.15, -0.1) is 0 Å². The van der Waals surface area contributed by atoms with Gasteiger partial charge in [-0.2, -0.15) is 0 Å². The van der Waals surface area contributed by atoms with Crippen molar-refractivity contribution in [1.29, 1.82) is 0 Å². The Labute approximate surface area is 150 Å². The molecule has 146 valence electrons. The predicted octanol–water partition coefficient (Wildman–Crippen LogP) is 2.65. The molecule has 0 aromatic rings. The molecule has 0 aromatic carbocycles. The van der Waals surface area contributed by atoms with Crippen molar-refractivity contribution in [3.63, 3.8) is 0 Å². The van der Waals surface area contributed by atoms with Gasteiger partial charge in [0, 0.05) is 6.61 Å². The summed E-state index contributed by atoms with van der Waals surface area (Å²) in [5.74, 6) is -2.71. The van der Waals surface area contributed by atoms with Crippen LogP contribution >= 0.6 is 0 Å². The van der Waals surface area contributed by atoms with Crippen LogP contribution in [0.1, 0.15) is 61.3 Å². The van der Waals surface area contributed by atoms with Crippen molar-refractivity contribution in [3.8, 4) is 0 Å². The van der Waals surface area contributed by atoms with E-state index in [9.17, 15) is 14.4 Å². The highest BCUT2D eigenvalue weighted by atomic mass is 16.6. The number of rotatable bonds is 9. The van der Waals surface area contributed by atoms with Gasteiger partial charge in [0.1, 0.15) is 17.8 Å². The van der Waals surface area contributed by atoms with E-state index in [0.29, 0.717) is 13.0 Å². The Morgan fingerprint density at radius 3 is 1.76 bits per heavy atom.